The molecule has 0 radical (unpaired) electrons. The lowest BCUT2D eigenvalue weighted by atomic mass is 10.2. The maximum absolute atomic E-state index is 12.3. The predicted molar refractivity (Wildman–Crippen MR) is 104 cm³/mol. The lowest BCUT2D eigenvalue weighted by Crippen LogP contribution is -2.37. The Morgan fingerprint density at radius 3 is 2.50 bits per heavy atom. The monoisotopic (exact) mass is 407 g/mol. The van der Waals surface area contributed by atoms with Crippen molar-refractivity contribution in [3.63, 3.8) is 0 Å². The Morgan fingerprint density at radius 1 is 1.25 bits per heavy atom. The molecule has 2 rings (SSSR count). The van der Waals surface area contributed by atoms with E-state index in [0.717, 1.165) is 27.7 Å². The van der Waals surface area contributed by atoms with Gasteiger partial charge in [0.05, 0.1) is 5.75 Å². The summed E-state index contributed by atoms with van der Waals surface area (Å²) in [5.74, 6) is -1.80. The Bertz CT molecular complexity index is 994. The summed E-state index contributed by atoms with van der Waals surface area (Å²) < 4.78 is 6.02. The van der Waals surface area contributed by atoms with Crippen LogP contribution in [0.4, 0.5) is 5.82 Å². The number of hydrogen-bond acceptors (Lipinski definition) is 9. The minimum Gasteiger partial charge on any atom is -0.457 e. The highest BCUT2D eigenvalue weighted by Gasteiger charge is 2.20. The van der Waals surface area contributed by atoms with E-state index in [2.05, 4.69) is 9.97 Å². The van der Waals surface area contributed by atoms with E-state index in [1.807, 2.05) is 25.8 Å². The Balaban J connectivity index is 2.02. The van der Waals surface area contributed by atoms with Crippen molar-refractivity contribution in [3.8, 4) is 0 Å². The van der Waals surface area contributed by atoms with Gasteiger partial charge in [0.25, 0.3) is 5.56 Å². The number of H-pyrrole nitrogens is 1. The zero-order valence-corrected chi connectivity index (χ0v) is 16.6. The molecule has 0 amide bonds. The van der Waals surface area contributed by atoms with E-state index in [0.29, 0.717) is 11.6 Å². The fourth-order valence-electron chi connectivity index (χ4n) is 2.44. The number of aromatic nitrogens is 4. The van der Waals surface area contributed by atoms with E-state index in [1.54, 1.807) is 6.07 Å². The minimum absolute atomic E-state index is 0.0999. The zero-order chi connectivity index (χ0) is 20.8. The molecule has 0 aliphatic rings. The first kappa shape index (κ1) is 21.4. The van der Waals surface area contributed by atoms with Crippen molar-refractivity contribution in [2.45, 2.75) is 38.9 Å². The topological polar surface area (TPSA) is 150 Å². The van der Waals surface area contributed by atoms with Crippen LogP contribution in [0.15, 0.2) is 20.8 Å². The standard InChI is InChI=1S/C17H21N5O5S/c1-4-5-22-14(18)13(15(25)21-17(22)26)11(23)7-27-12(24)8-28-16-19-9(2)6-10(3)20-16/h6H,4-5,7-8,18H2,1-3H3,(H,21,25,26). The normalized spacial score (nSPS) is 10.7. The average Bonchev–Trinajstić information content (AvgIpc) is 2.60. The molecule has 0 aliphatic heterocycles. The number of aryl methyl sites for hydroxylation is 2. The molecule has 11 heteroatoms. The average molecular weight is 407 g/mol. The second-order valence-corrected chi connectivity index (χ2v) is 6.92. The molecule has 0 saturated heterocycles. The summed E-state index contributed by atoms with van der Waals surface area (Å²) >= 11 is 1.08. The van der Waals surface area contributed by atoms with Crippen LogP contribution in [0.2, 0.25) is 0 Å². The molecule has 0 spiro atoms. The third kappa shape index (κ3) is 5.28. The number of nitrogens with one attached hydrogen (secondary N) is 1. The van der Waals surface area contributed by atoms with Gasteiger partial charge >= 0.3 is 11.7 Å². The Hall–Kier alpha value is -2.95. The van der Waals surface area contributed by atoms with Gasteiger partial charge in [-0.05, 0) is 26.3 Å². The van der Waals surface area contributed by atoms with Crippen molar-refractivity contribution in [2.75, 3.05) is 18.1 Å². The van der Waals surface area contributed by atoms with Gasteiger partial charge in [-0.15, -0.1) is 0 Å². The molecule has 2 aromatic heterocycles. The van der Waals surface area contributed by atoms with Crippen molar-refractivity contribution >= 4 is 29.3 Å². The number of carbonyl (C=O) groups is 2. The fraction of sp³-hybridized carbons (Fsp3) is 0.412. The largest absolute Gasteiger partial charge is 0.457 e. The number of Topliss-reactive ketones (excluding diaryl/α,β-unsaturated/α-hetero) is 1. The molecule has 150 valence electrons. The number of rotatable bonds is 8. The molecule has 0 atom stereocenters. The molecule has 2 heterocycles. The lowest BCUT2D eigenvalue weighted by molar-refractivity contribution is -0.139. The zero-order valence-electron chi connectivity index (χ0n) is 15.8. The summed E-state index contributed by atoms with van der Waals surface area (Å²) in [6.07, 6.45) is 0.580. The molecule has 0 saturated carbocycles. The van der Waals surface area contributed by atoms with Crippen molar-refractivity contribution in [1.29, 1.82) is 0 Å². The van der Waals surface area contributed by atoms with E-state index < -0.39 is 35.2 Å². The number of anilines is 1. The van der Waals surface area contributed by atoms with Gasteiger partial charge in [-0.3, -0.25) is 23.9 Å². The molecular weight excluding hydrogens is 386 g/mol. The molecule has 0 unspecified atom stereocenters. The van der Waals surface area contributed by atoms with Crippen LogP contribution in [-0.4, -0.2) is 43.6 Å². The quantitative estimate of drug-likeness (QED) is 0.275. The van der Waals surface area contributed by atoms with Crippen LogP contribution in [-0.2, 0) is 16.1 Å². The number of nitrogens with two attached hydrogens (primary N) is 1. The van der Waals surface area contributed by atoms with Gasteiger partial charge in [-0.25, -0.2) is 14.8 Å². The first-order valence-electron chi connectivity index (χ1n) is 8.49. The molecule has 0 aliphatic carbocycles. The number of nitrogens with zero attached hydrogens (tertiary/aromatic N) is 3. The van der Waals surface area contributed by atoms with Gasteiger partial charge in [-0.1, -0.05) is 18.7 Å². The number of esters is 1. The molecule has 2 aromatic rings. The third-order valence-corrected chi connectivity index (χ3v) is 4.43. The number of nitrogen functional groups attached to an aromatic ring is 1. The molecule has 10 nitrogen and oxygen atoms in total. The highest BCUT2D eigenvalue weighted by atomic mass is 32.2. The van der Waals surface area contributed by atoms with Crippen LogP contribution < -0.4 is 17.0 Å². The van der Waals surface area contributed by atoms with Gasteiger partial charge in [0.1, 0.15) is 11.4 Å². The number of thioether (sulfide) groups is 1. The highest BCUT2D eigenvalue weighted by molar-refractivity contribution is 7.99. The van der Waals surface area contributed by atoms with E-state index in [9.17, 15) is 19.2 Å². The van der Waals surface area contributed by atoms with Crippen LogP contribution in [0, 0.1) is 13.8 Å². The smallest absolute Gasteiger partial charge is 0.329 e. The first-order valence-corrected chi connectivity index (χ1v) is 9.48. The predicted octanol–water partition coefficient (Wildman–Crippen LogP) is 0.454. The summed E-state index contributed by atoms with van der Waals surface area (Å²) in [6, 6.07) is 1.81. The lowest BCUT2D eigenvalue weighted by Gasteiger charge is -2.11. The van der Waals surface area contributed by atoms with Crippen molar-refractivity contribution in [3.05, 3.63) is 43.9 Å². The van der Waals surface area contributed by atoms with Crippen molar-refractivity contribution in [1.82, 2.24) is 19.5 Å². The second kappa shape index (κ2) is 9.31. The summed E-state index contributed by atoms with van der Waals surface area (Å²) in [7, 11) is 0. The molecular formula is C17H21N5O5S. The Kier molecular flexibility index (Phi) is 7.10. The fourth-order valence-corrected chi connectivity index (χ4v) is 3.19. The second-order valence-electron chi connectivity index (χ2n) is 5.98. The number of carbonyl (C=O) groups excluding carboxylic acids is 2. The van der Waals surface area contributed by atoms with Gasteiger partial charge in [0.2, 0.25) is 5.78 Å². The van der Waals surface area contributed by atoms with Crippen LogP contribution in [0.1, 0.15) is 35.1 Å². The summed E-state index contributed by atoms with van der Waals surface area (Å²) in [4.78, 5) is 58.3. The number of ketones is 1. The van der Waals surface area contributed by atoms with Gasteiger partial charge in [-0.2, -0.15) is 0 Å². The summed E-state index contributed by atoms with van der Waals surface area (Å²) in [5, 5.41) is 0.424. The first-order chi connectivity index (χ1) is 13.2. The molecule has 28 heavy (non-hydrogen) atoms. The maximum Gasteiger partial charge on any atom is 0.329 e. The van der Waals surface area contributed by atoms with Crippen molar-refractivity contribution in [2.24, 2.45) is 0 Å². The van der Waals surface area contributed by atoms with Crippen LogP contribution in [0.5, 0.6) is 0 Å². The minimum atomic E-state index is -0.908. The highest BCUT2D eigenvalue weighted by Crippen LogP contribution is 2.14. The summed E-state index contributed by atoms with van der Waals surface area (Å²) in [6.45, 7) is 5.03. The third-order valence-electron chi connectivity index (χ3n) is 3.61. The molecule has 0 fully saturated rings. The van der Waals surface area contributed by atoms with Gasteiger partial charge in [0, 0.05) is 17.9 Å². The van der Waals surface area contributed by atoms with Crippen LogP contribution >= 0.6 is 11.8 Å². The number of hydrogen-bond donors (Lipinski definition) is 2. The van der Waals surface area contributed by atoms with E-state index >= 15 is 0 Å². The number of aromatic amines is 1. The molecule has 0 bridgehead atoms. The van der Waals surface area contributed by atoms with E-state index in [4.69, 9.17) is 10.5 Å². The van der Waals surface area contributed by atoms with Crippen LogP contribution in [0.25, 0.3) is 0 Å². The van der Waals surface area contributed by atoms with Crippen LogP contribution in [0.3, 0.4) is 0 Å². The maximum atomic E-state index is 12.3. The Morgan fingerprint density at radius 2 is 1.89 bits per heavy atom. The van der Waals surface area contributed by atoms with Gasteiger partial charge < -0.3 is 10.5 Å². The van der Waals surface area contributed by atoms with E-state index in [-0.39, 0.29) is 18.1 Å². The molecule has 3 N–H and O–H groups in total. The van der Waals surface area contributed by atoms with Gasteiger partial charge in [0.15, 0.2) is 11.8 Å². The molecule has 0 aromatic carbocycles. The number of ether oxygens (including phenoxy) is 1. The summed E-state index contributed by atoms with van der Waals surface area (Å²) in [5.41, 5.74) is 5.35. The van der Waals surface area contributed by atoms with Crippen molar-refractivity contribution < 1.29 is 14.3 Å². The Labute approximate surface area is 164 Å². The van der Waals surface area contributed by atoms with E-state index in [1.165, 1.54) is 0 Å². The SMILES string of the molecule is CCCn1c(N)c(C(=O)COC(=O)CSc2nc(C)cc(C)n2)c(=O)[nH]c1=O.